The van der Waals surface area contributed by atoms with E-state index < -0.39 is 23.3 Å². The van der Waals surface area contributed by atoms with Crippen LogP contribution in [0.2, 0.25) is 0 Å². The fourth-order valence-electron chi connectivity index (χ4n) is 5.49. The molecule has 198 valence electrons. The van der Waals surface area contributed by atoms with Gasteiger partial charge >= 0.3 is 0 Å². The molecule has 0 aliphatic carbocycles. The van der Waals surface area contributed by atoms with Crippen molar-refractivity contribution in [2.24, 2.45) is 0 Å². The molecule has 2 atom stereocenters. The summed E-state index contributed by atoms with van der Waals surface area (Å²) in [5.74, 6) is 0. The zero-order chi connectivity index (χ0) is 25.8. The number of aliphatic hydroxyl groups is 4. The Morgan fingerprint density at radius 3 is 1.33 bits per heavy atom. The van der Waals surface area contributed by atoms with Crippen LogP contribution in [0.5, 0.6) is 0 Å². The quantitative estimate of drug-likeness (QED) is 0.325. The Bertz CT molecular complexity index is 553. The van der Waals surface area contributed by atoms with E-state index in [-0.39, 0.29) is 43.4 Å². The highest BCUT2D eigenvalue weighted by Gasteiger charge is 2.47. The van der Waals surface area contributed by atoms with Crippen molar-refractivity contribution < 1.29 is 30.8 Å². The third-order valence-corrected chi connectivity index (χ3v) is 7.17. The standard InChI is InChI=1S/C15H32N2O5.C9H19NO/c1-14(2)5-11(6-15(3,4)17(14)22)16(7-12(20)9-18)8-13(21)10-19;1-8(2)6-5-7-9(3,4)10(8)11/h11-13,18-22H,5-10H2,1-4H3;11H,5-7H2,1-4H3. The van der Waals surface area contributed by atoms with E-state index >= 15 is 0 Å². The van der Waals surface area contributed by atoms with Crippen LogP contribution >= 0.6 is 0 Å². The summed E-state index contributed by atoms with van der Waals surface area (Å²) in [6, 6.07) is 0.0239. The molecule has 0 amide bonds. The first-order chi connectivity index (χ1) is 14.9. The molecule has 0 aromatic heterocycles. The summed E-state index contributed by atoms with van der Waals surface area (Å²) in [6.45, 7) is 15.9. The average Bonchev–Trinajstić information content (AvgIpc) is 2.69. The van der Waals surface area contributed by atoms with Gasteiger partial charge in [-0.1, -0.05) is 0 Å². The van der Waals surface area contributed by atoms with E-state index in [0.717, 1.165) is 12.8 Å². The molecule has 2 fully saturated rings. The van der Waals surface area contributed by atoms with Gasteiger partial charge in [0.25, 0.3) is 0 Å². The molecule has 0 aromatic rings. The maximum Gasteiger partial charge on any atom is 0.0897 e. The van der Waals surface area contributed by atoms with Crippen LogP contribution in [0.15, 0.2) is 0 Å². The summed E-state index contributed by atoms with van der Waals surface area (Å²) >= 11 is 0. The van der Waals surface area contributed by atoms with Crippen molar-refractivity contribution in [3.8, 4) is 0 Å². The van der Waals surface area contributed by atoms with Crippen LogP contribution < -0.4 is 0 Å². The van der Waals surface area contributed by atoms with Crippen LogP contribution in [0.25, 0.3) is 0 Å². The molecule has 2 aliphatic heterocycles. The van der Waals surface area contributed by atoms with E-state index in [0.29, 0.717) is 12.8 Å². The molecule has 2 heterocycles. The maximum absolute atomic E-state index is 10.4. The molecule has 0 spiro atoms. The monoisotopic (exact) mass is 477 g/mol. The lowest BCUT2D eigenvalue weighted by Crippen LogP contribution is -2.64. The molecule has 2 saturated heterocycles. The van der Waals surface area contributed by atoms with Crippen LogP contribution in [0.3, 0.4) is 0 Å². The first-order valence-electron chi connectivity index (χ1n) is 12.2. The van der Waals surface area contributed by atoms with E-state index in [1.54, 1.807) is 0 Å². The van der Waals surface area contributed by atoms with Crippen molar-refractivity contribution in [3.05, 3.63) is 0 Å². The SMILES string of the molecule is CC1(C)CC(N(CC(O)CO)CC(O)CO)CC(C)(C)N1O.CC1(C)CCCC(C)(C)N1O. The van der Waals surface area contributed by atoms with Gasteiger partial charge < -0.3 is 30.8 Å². The average molecular weight is 478 g/mol. The Balaban J connectivity index is 0.000000412. The van der Waals surface area contributed by atoms with E-state index in [4.69, 9.17) is 10.2 Å². The van der Waals surface area contributed by atoms with Gasteiger partial charge in [-0.15, -0.1) is 0 Å². The van der Waals surface area contributed by atoms with Gasteiger partial charge in [-0.3, -0.25) is 4.90 Å². The number of hydrogen-bond donors (Lipinski definition) is 6. The first-order valence-corrected chi connectivity index (χ1v) is 12.2. The second-order valence-electron chi connectivity index (χ2n) is 12.4. The Hall–Kier alpha value is -0.360. The predicted molar refractivity (Wildman–Crippen MR) is 128 cm³/mol. The Kier molecular flexibility index (Phi) is 10.8. The number of nitrogens with zero attached hydrogens (tertiary/aromatic N) is 3. The minimum absolute atomic E-state index is 0.0239. The van der Waals surface area contributed by atoms with Crippen molar-refractivity contribution >= 4 is 0 Å². The Labute approximate surface area is 200 Å². The molecule has 6 N–H and O–H groups in total. The lowest BCUT2D eigenvalue weighted by molar-refractivity contribution is -0.253. The van der Waals surface area contributed by atoms with Crippen LogP contribution in [-0.4, -0.2) is 113 Å². The third-order valence-electron chi connectivity index (χ3n) is 7.17. The van der Waals surface area contributed by atoms with Gasteiger partial charge in [0.05, 0.1) is 25.4 Å². The van der Waals surface area contributed by atoms with Crippen molar-refractivity contribution in [3.63, 3.8) is 0 Å². The van der Waals surface area contributed by atoms with Crippen molar-refractivity contribution in [2.45, 2.75) is 128 Å². The lowest BCUT2D eigenvalue weighted by Gasteiger charge is -2.54. The summed E-state index contributed by atoms with van der Waals surface area (Å²) < 4.78 is 0. The molecule has 2 aliphatic rings. The number of hydrogen-bond acceptors (Lipinski definition) is 9. The molecule has 0 radical (unpaired) electrons. The molecule has 9 heteroatoms. The van der Waals surface area contributed by atoms with E-state index in [9.17, 15) is 20.6 Å². The van der Waals surface area contributed by atoms with Gasteiger partial charge in [0.15, 0.2) is 0 Å². The summed E-state index contributed by atoms with van der Waals surface area (Å²) in [6.07, 6.45) is 2.91. The van der Waals surface area contributed by atoms with E-state index in [2.05, 4.69) is 27.7 Å². The van der Waals surface area contributed by atoms with Crippen LogP contribution in [-0.2, 0) is 0 Å². The fourth-order valence-corrected chi connectivity index (χ4v) is 5.49. The maximum atomic E-state index is 10.4. The van der Waals surface area contributed by atoms with Crippen LogP contribution in [0.4, 0.5) is 0 Å². The van der Waals surface area contributed by atoms with Crippen molar-refractivity contribution in [2.75, 3.05) is 26.3 Å². The van der Waals surface area contributed by atoms with Gasteiger partial charge in [0.1, 0.15) is 0 Å². The van der Waals surface area contributed by atoms with Gasteiger partial charge in [-0.2, -0.15) is 10.1 Å². The predicted octanol–water partition coefficient (Wildman–Crippen LogP) is 1.82. The highest BCUT2D eigenvalue weighted by molar-refractivity contribution is 5.00. The first kappa shape index (κ1) is 30.7. The topological polar surface area (TPSA) is 131 Å². The van der Waals surface area contributed by atoms with Crippen molar-refractivity contribution in [1.29, 1.82) is 0 Å². The molecule has 0 bridgehead atoms. The highest BCUT2D eigenvalue weighted by atomic mass is 16.5. The molecule has 33 heavy (non-hydrogen) atoms. The molecule has 0 aromatic carbocycles. The fraction of sp³-hybridized carbons (Fsp3) is 1.00. The molecule has 9 nitrogen and oxygen atoms in total. The Morgan fingerprint density at radius 1 is 0.697 bits per heavy atom. The number of hydroxylamine groups is 4. The van der Waals surface area contributed by atoms with E-state index in [1.165, 1.54) is 16.5 Å². The Morgan fingerprint density at radius 2 is 1.03 bits per heavy atom. The van der Waals surface area contributed by atoms with Crippen molar-refractivity contribution in [1.82, 2.24) is 15.0 Å². The van der Waals surface area contributed by atoms with Gasteiger partial charge in [0, 0.05) is 41.3 Å². The minimum Gasteiger partial charge on any atom is -0.394 e. The number of aliphatic hydroxyl groups excluding tert-OH is 4. The summed E-state index contributed by atoms with van der Waals surface area (Å²) in [4.78, 5) is 1.90. The number of piperidine rings is 2. The van der Waals surface area contributed by atoms with Gasteiger partial charge in [0.2, 0.25) is 0 Å². The minimum atomic E-state index is -0.899. The summed E-state index contributed by atoms with van der Waals surface area (Å²) in [7, 11) is 0. The van der Waals surface area contributed by atoms with Crippen LogP contribution in [0.1, 0.15) is 87.5 Å². The normalized spacial score (nSPS) is 27.0. The summed E-state index contributed by atoms with van der Waals surface area (Å²) in [5, 5.41) is 60.7. The van der Waals surface area contributed by atoms with Crippen LogP contribution in [0, 0.1) is 0 Å². The second-order valence-corrected chi connectivity index (χ2v) is 12.4. The molecule has 2 rings (SSSR count). The third kappa shape index (κ3) is 8.37. The zero-order valence-electron chi connectivity index (χ0n) is 22.1. The summed E-state index contributed by atoms with van der Waals surface area (Å²) in [5.41, 5.74) is -0.971. The van der Waals surface area contributed by atoms with Gasteiger partial charge in [-0.25, -0.2) is 0 Å². The smallest absolute Gasteiger partial charge is 0.0897 e. The zero-order valence-corrected chi connectivity index (χ0v) is 22.1. The lowest BCUT2D eigenvalue weighted by atomic mass is 9.78. The van der Waals surface area contributed by atoms with Gasteiger partial charge in [-0.05, 0) is 87.5 Å². The molecular formula is C24H51N3O6. The molecule has 2 unspecified atom stereocenters. The van der Waals surface area contributed by atoms with E-state index in [1.807, 2.05) is 32.6 Å². The number of rotatable bonds is 7. The molecule has 0 saturated carbocycles. The second kappa shape index (κ2) is 11.6. The molecular weight excluding hydrogens is 426 g/mol. The highest BCUT2D eigenvalue weighted by Crippen LogP contribution is 2.39. The largest absolute Gasteiger partial charge is 0.394 e.